The molecule has 0 fully saturated rings. The van der Waals surface area contributed by atoms with E-state index >= 15 is 0 Å². The van der Waals surface area contributed by atoms with Crippen LogP contribution >= 0.6 is 0 Å². The highest BCUT2D eigenvalue weighted by Gasteiger charge is 2.22. The number of fused-ring (bicyclic) bond motifs is 9. The maximum atomic E-state index is 6.93. The Hall–Kier alpha value is -8.66. The lowest BCUT2D eigenvalue weighted by Crippen LogP contribution is -2.11. The molecule has 13 aromatic rings. The van der Waals surface area contributed by atoms with E-state index in [0.717, 1.165) is 66.8 Å². The predicted octanol–water partition coefficient (Wildman–Crippen LogP) is 17.5. The van der Waals surface area contributed by atoms with Crippen molar-refractivity contribution in [3.05, 3.63) is 243 Å². The Bertz CT molecular complexity index is 3900. The minimum absolute atomic E-state index is 0.884. The van der Waals surface area contributed by atoms with Crippen LogP contribution in [-0.2, 0) is 0 Å². The minimum Gasteiger partial charge on any atom is -0.455 e. The van der Waals surface area contributed by atoms with Gasteiger partial charge in [-0.3, -0.25) is 0 Å². The van der Waals surface area contributed by atoms with Gasteiger partial charge in [0.25, 0.3) is 0 Å². The highest BCUT2D eigenvalue weighted by molar-refractivity contribution is 6.18. The van der Waals surface area contributed by atoms with Gasteiger partial charge in [-0.05, 0) is 111 Å². The molecule has 304 valence electrons. The Morgan fingerprint density at radius 2 is 0.831 bits per heavy atom. The highest BCUT2D eigenvalue weighted by atomic mass is 16.3. The van der Waals surface area contributed by atoms with Gasteiger partial charge in [0.05, 0.1) is 16.7 Å². The van der Waals surface area contributed by atoms with Crippen LogP contribution in [0.5, 0.6) is 0 Å². The monoisotopic (exact) mass is 828 g/mol. The standard InChI is InChI=1S/C62H40N2O/c1-2-15-44-40-47(28-27-41(44)13-1)46-17-11-16-45(39-46)42-29-32-48(33-30-42)63(49-34-36-50(37-35-49)64-59-25-9-5-19-52(59)53-20-6-10-26-60(53)64)58-24-8-7-21-54(58)55-22-12-23-56-57-38-31-43-14-3-4-18-51(43)61(57)65-62(55)56/h1-40H. The molecular formula is C62H40N2O. The number of hydrogen-bond donors (Lipinski definition) is 0. The van der Waals surface area contributed by atoms with E-state index in [-0.39, 0.29) is 0 Å². The van der Waals surface area contributed by atoms with Gasteiger partial charge in [-0.25, -0.2) is 0 Å². The molecule has 65 heavy (non-hydrogen) atoms. The maximum absolute atomic E-state index is 6.93. The lowest BCUT2D eigenvalue weighted by molar-refractivity contribution is 0.674. The van der Waals surface area contributed by atoms with Crippen LogP contribution in [0.15, 0.2) is 247 Å². The molecule has 0 bridgehead atoms. The molecule has 2 aromatic heterocycles. The van der Waals surface area contributed by atoms with Crippen LogP contribution < -0.4 is 4.90 Å². The van der Waals surface area contributed by atoms with E-state index in [1.54, 1.807) is 0 Å². The number of para-hydroxylation sites is 4. The molecule has 0 saturated carbocycles. The number of hydrogen-bond acceptors (Lipinski definition) is 2. The second-order valence-corrected chi connectivity index (χ2v) is 16.9. The van der Waals surface area contributed by atoms with Gasteiger partial charge in [-0.1, -0.05) is 170 Å². The summed E-state index contributed by atoms with van der Waals surface area (Å²) < 4.78 is 9.31. The average molecular weight is 829 g/mol. The van der Waals surface area contributed by atoms with Gasteiger partial charge in [0.15, 0.2) is 0 Å². The van der Waals surface area contributed by atoms with Gasteiger partial charge >= 0.3 is 0 Å². The zero-order valence-corrected chi connectivity index (χ0v) is 35.4. The van der Waals surface area contributed by atoms with Crippen molar-refractivity contribution in [3.8, 4) is 39.1 Å². The molecule has 0 spiro atoms. The second kappa shape index (κ2) is 15.0. The number of aromatic nitrogens is 1. The van der Waals surface area contributed by atoms with Crippen molar-refractivity contribution in [1.29, 1.82) is 0 Å². The molecule has 3 nitrogen and oxygen atoms in total. The molecule has 11 aromatic carbocycles. The summed E-state index contributed by atoms with van der Waals surface area (Å²) in [6.07, 6.45) is 0. The summed E-state index contributed by atoms with van der Waals surface area (Å²) in [6.45, 7) is 0. The van der Waals surface area contributed by atoms with Crippen molar-refractivity contribution in [1.82, 2.24) is 4.57 Å². The van der Waals surface area contributed by atoms with Gasteiger partial charge in [-0.15, -0.1) is 0 Å². The van der Waals surface area contributed by atoms with Gasteiger partial charge in [-0.2, -0.15) is 0 Å². The van der Waals surface area contributed by atoms with Crippen LogP contribution in [0.3, 0.4) is 0 Å². The number of nitrogens with zero attached hydrogens (tertiary/aromatic N) is 2. The molecule has 0 aliphatic heterocycles. The lowest BCUT2D eigenvalue weighted by Gasteiger charge is -2.28. The summed E-state index contributed by atoms with van der Waals surface area (Å²) in [4.78, 5) is 2.39. The fourth-order valence-corrected chi connectivity index (χ4v) is 10.1. The van der Waals surface area contributed by atoms with Crippen molar-refractivity contribution < 1.29 is 4.42 Å². The van der Waals surface area contributed by atoms with Gasteiger partial charge in [0.1, 0.15) is 11.2 Å². The van der Waals surface area contributed by atoms with Crippen molar-refractivity contribution in [2.75, 3.05) is 4.90 Å². The van der Waals surface area contributed by atoms with Crippen LogP contribution in [-0.4, -0.2) is 4.57 Å². The molecule has 13 rings (SSSR count). The topological polar surface area (TPSA) is 21.3 Å². The molecule has 2 heterocycles. The molecule has 3 heteroatoms. The molecule has 0 amide bonds. The molecule has 0 aliphatic carbocycles. The van der Waals surface area contributed by atoms with Crippen LogP contribution in [0, 0.1) is 0 Å². The first kappa shape index (κ1) is 36.9. The molecule has 0 unspecified atom stereocenters. The van der Waals surface area contributed by atoms with Crippen molar-refractivity contribution in [2.24, 2.45) is 0 Å². The normalized spacial score (nSPS) is 11.7. The second-order valence-electron chi connectivity index (χ2n) is 16.9. The van der Waals surface area contributed by atoms with Gasteiger partial charge in [0, 0.05) is 55.1 Å². The van der Waals surface area contributed by atoms with E-state index < -0.39 is 0 Å². The molecule has 0 saturated heterocycles. The third-order valence-corrected chi connectivity index (χ3v) is 13.2. The first-order chi connectivity index (χ1) is 32.2. The fraction of sp³-hybridized carbons (Fsp3) is 0. The Labute approximate surface area is 376 Å². The minimum atomic E-state index is 0.884. The summed E-state index contributed by atoms with van der Waals surface area (Å²) in [5.41, 5.74) is 15.3. The number of furan rings is 1. The zero-order valence-electron chi connectivity index (χ0n) is 35.4. The van der Waals surface area contributed by atoms with Gasteiger partial charge in [0.2, 0.25) is 0 Å². The quantitative estimate of drug-likeness (QED) is 0.160. The number of anilines is 3. The van der Waals surface area contributed by atoms with E-state index in [4.69, 9.17) is 4.42 Å². The third-order valence-electron chi connectivity index (χ3n) is 13.2. The summed E-state index contributed by atoms with van der Waals surface area (Å²) in [6, 6.07) is 87.6. The van der Waals surface area contributed by atoms with E-state index in [9.17, 15) is 0 Å². The van der Waals surface area contributed by atoms with Crippen LogP contribution in [0.2, 0.25) is 0 Å². The lowest BCUT2D eigenvalue weighted by atomic mass is 9.97. The smallest absolute Gasteiger partial charge is 0.143 e. The Morgan fingerprint density at radius 3 is 1.60 bits per heavy atom. The Kier molecular flexibility index (Phi) is 8.53. The fourth-order valence-electron chi connectivity index (χ4n) is 10.1. The Morgan fingerprint density at radius 1 is 0.308 bits per heavy atom. The largest absolute Gasteiger partial charge is 0.455 e. The molecular weight excluding hydrogens is 789 g/mol. The third kappa shape index (κ3) is 6.12. The van der Waals surface area contributed by atoms with E-state index in [2.05, 4.69) is 252 Å². The zero-order chi connectivity index (χ0) is 42.8. The van der Waals surface area contributed by atoms with Gasteiger partial charge < -0.3 is 13.9 Å². The first-order valence-electron chi connectivity index (χ1n) is 22.2. The van der Waals surface area contributed by atoms with Crippen molar-refractivity contribution in [3.63, 3.8) is 0 Å². The molecule has 0 atom stereocenters. The van der Waals surface area contributed by atoms with Crippen LogP contribution in [0.25, 0.3) is 104 Å². The summed E-state index contributed by atoms with van der Waals surface area (Å²) in [7, 11) is 0. The Balaban J connectivity index is 0.955. The van der Waals surface area contributed by atoms with Crippen molar-refractivity contribution in [2.45, 2.75) is 0 Å². The molecule has 0 aliphatic rings. The van der Waals surface area contributed by atoms with Crippen LogP contribution in [0.1, 0.15) is 0 Å². The van der Waals surface area contributed by atoms with E-state index in [1.165, 1.54) is 54.7 Å². The predicted molar refractivity (Wildman–Crippen MR) is 274 cm³/mol. The molecule has 0 radical (unpaired) electrons. The summed E-state index contributed by atoms with van der Waals surface area (Å²) in [5, 5.41) is 9.50. The number of benzene rings is 11. The summed E-state index contributed by atoms with van der Waals surface area (Å²) >= 11 is 0. The van der Waals surface area contributed by atoms with Crippen LogP contribution in [0.4, 0.5) is 17.1 Å². The SMILES string of the molecule is c1cc(-c2ccc(N(c3ccc(-n4c5ccccc5c5ccccc54)cc3)c3ccccc3-c3cccc4c3oc3c5ccccc5ccc43)cc2)cc(-c2ccc3ccccc3c2)c1. The van der Waals surface area contributed by atoms with Crippen molar-refractivity contribution >= 4 is 82.4 Å². The highest BCUT2D eigenvalue weighted by Crippen LogP contribution is 2.46. The molecule has 0 N–H and O–H groups in total. The van der Waals surface area contributed by atoms with E-state index in [0.29, 0.717) is 0 Å². The average Bonchev–Trinajstić information content (AvgIpc) is 3.94. The summed E-state index contributed by atoms with van der Waals surface area (Å²) in [5.74, 6) is 0. The number of rotatable bonds is 7. The van der Waals surface area contributed by atoms with E-state index in [1.807, 2.05) is 0 Å². The maximum Gasteiger partial charge on any atom is 0.143 e. The first-order valence-corrected chi connectivity index (χ1v) is 22.2.